The Hall–Kier alpha value is -3.23. The van der Waals surface area contributed by atoms with Crippen LogP contribution in [0.15, 0.2) is 71.2 Å². The Morgan fingerprint density at radius 1 is 0.947 bits per heavy atom. The van der Waals surface area contributed by atoms with Crippen LogP contribution in [0.25, 0.3) is 0 Å². The fourth-order valence-electron chi connectivity index (χ4n) is 4.45. The second-order valence-corrected chi connectivity index (χ2v) is 10.5. The number of benzene rings is 3. The molecule has 0 spiro atoms. The van der Waals surface area contributed by atoms with Crippen molar-refractivity contribution in [1.29, 1.82) is 0 Å². The Morgan fingerprint density at radius 3 is 2.37 bits per heavy atom. The summed E-state index contributed by atoms with van der Waals surface area (Å²) < 4.78 is 14.1. The number of hydrogen-bond acceptors (Lipinski definition) is 3. The number of nitrogens with zero attached hydrogens (tertiary/aromatic N) is 1. The summed E-state index contributed by atoms with van der Waals surface area (Å²) in [5.41, 5.74) is 2.40. The molecule has 0 saturated carbocycles. The van der Waals surface area contributed by atoms with Crippen LogP contribution in [0.2, 0.25) is 5.02 Å². The van der Waals surface area contributed by atoms with Gasteiger partial charge in [-0.2, -0.15) is 0 Å². The van der Waals surface area contributed by atoms with Crippen LogP contribution in [-0.4, -0.2) is 35.7 Å². The van der Waals surface area contributed by atoms with Crippen molar-refractivity contribution >= 4 is 50.9 Å². The van der Waals surface area contributed by atoms with Crippen LogP contribution in [0.5, 0.6) is 0 Å². The highest BCUT2D eigenvalue weighted by Gasteiger charge is 2.23. The van der Waals surface area contributed by atoms with Crippen LogP contribution in [0.4, 0.5) is 10.1 Å². The van der Waals surface area contributed by atoms with Gasteiger partial charge in [0.15, 0.2) is 0 Å². The molecule has 198 valence electrons. The summed E-state index contributed by atoms with van der Waals surface area (Å²) in [6, 6.07) is 18.3. The zero-order chi connectivity index (χ0) is 27.1. The molecule has 1 heterocycles. The third-order valence-corrected chi connectivity index (χ3v) is 7.44. The maximum absolute atomic E-state index is 13.8. The Bertz CT molecular complexity index is 1320. The van der Waals surface area contributed by atoms with E-state index in [2.05, 4.69) is 26.6 Å². The van der Waals surface area contributed by atoms with Gasteiger partial charge in [0, 0.05) is 18.8 Å². The van der Waals surface area contributed by atoms with Crippen LogP contribution in [-0.2, 0) is 16.0 Å². The van der Waals surface area contributed by atoms with Crippen LogP contribution >= 0.6 is 27.5 Å². The van der Waals surface area contributed by atoms with E-state index in [0.717, 1.165) is 24.8 Å². The highest BCUT2D eigenvalue weighted by atomic mass is 79.9. The number of carbonyl (C=O) groups is 3. The first-order valence-electron chi connectivity index (χ1n) is 12.5. The number of aryl methyl sites for hydroxylation is 1. The molecule has 1 aliphatic rings. The second-order valence-electron chi connectivity index (χ2n) is 9.23. The predicted octanol–water partition coefficient (Wildman–Crippen LogP) is 6.30. The van der Waals surface area contributed by atoms with Crippen molar-refractivity contribution in [2.45, 2.75) is 38.1 Å². The van der Waals surface area contributed by atoms with Gasteiger partial charge in [-0.1, -0.05) is 48.0 Å². The summed E-state index contributed by atoms with van der Waals surface area (Å²) in [7, 11) is 0. The lowest BCUT2D eigenvalue weighted by Crippen LogP contribution is -2.38. The summed E-state index contributed by atoms with van der Waals surface area (Å²) in [6.07, 6.45) is 4.18. The first-order chi connectivity index (χ1) is 18.3. The first-order valence-corrected chi connectivity index (χ1v) is 13.7. The molecule has 3 aromatic carbocycles. The van der Waals surface area contributed by atoms with E-state index in [-0.39, 0.29) is 15.4 Å². The average Bonchev–Trinajstić information content (AvgIpc) is 2.93. The summed E-state index contributed by atoms with van der Waals surface area (Å²) in [5, 5.41) is 5.52. The van der Waals surface area contributed by atoms with Crippen LogP contribution < -0.4 is 10.6 Å². The number of halogens is 3. The molecule has 2 N–H and O–H groups in total. The van der Waals surface area contributed by atoms with E-state index in [1.165, 1.54) is 12.1 Å². The number of likely N-dealkylation sites (tertiary alicyclic amines) is 1. The van der Waals surface area contributed by atoms with E-state index in [9.17, 15) is 18.8 Å². The number of carbonyl (C=O) groups excluding carboxylic acids is 3. The summed E-state index contributed by atoms with van der Waals surface area (Å²) in [6.45, 7) is 1.40. The third kappa shape index (κ3) is 7.20. The fourth-order valence-corrected chi connectivity index (χ4v) is 5.11. The Labute approximate surface area is 234 Å². The van der Waals surface area contributed by atoms with Crippen molar-refractivity contribution in [2.24, 2.45) is 0 Å². The van der Waals surface area contributed by atoms with Gasteiger partial charge in [-0.05, 0) is 89.5 Å². The largest absolute Gasteiger partial charge is 0.341 e. The molecule has 3 amide bonds. The fraction of sp³-hybridized carbons (Fsp3) is 0.276. The summed E-state index contributed by atoms with van der Waals surface area (Å²) in [4.78, 5) is 40.2. The molecular weight excluding hydrogens is 573 g/mol. The Kier molecular flexibility index (Phi) is 9.53. The maximum Gasteiger partial charge on any atom is 0.313 e. The van der Waals surface area contributed by atoms with Crippen molar-refractivity contribution < 1.29 is 18.8 Å². The number of hydrogen-bond donors (Lipinski definition) is 2. The minimum atomic E-state index is -0.873. The standard InChI is InChI=1S/C29H28BrClFN3O3/c30-23-17-20(10-13-25(23)32)26(14-9-19-7-3-1-4-8-19)34-28(37)27(36)33-21-11-12-22(24(31)18-21)29(38)35-15-5-2-6-16-35/h1,3-4,7-8,10-13,17-18,26H,2,5-6,9,14-16H2,(H,33,36)(H,34,37). The molecule has 1 saturated heterocycles. The maximum atomic E-state index is 13.8. The zero-order valence-corrected chi connectivity index (χ0v) is 23.0. The molecule has 1 unspecified atom stereocenters. The number of rotatable bonds is 7. The van der Waals surface area contributed by atoms with Crippen LogP contribution in [0.3, 0.4) is 0 Å². The number of amides is 3. The molecular formula is C29H28BrClFN3O3. The molecule has 9 heteroatoms. The minimum Gasteiger partial charge on any atom is -0.341 e. The SMILES string of the molecule is O=C(Nc1ccc(C(=O)N2CCCCC2)c(Cl)c1)C(=O)NC(CCc1ccccc1)c1ccc(F)c(Br)c1. The molecule has 0 aromatic heterocycles. The number of nitrogens with one attached hydrogen (secondary N) is 2. The quantitative estimate of drug-likeness (QED) is 0.313. The molecule has 1 fully saturated rings. The van der Waals surface area contributed by atoms with E-state index in [1.54, 1.807) is 29.2 Å². The first kappa shape index (κ1) is 27.8. The average molecular weight is 601 g/mol. The van der Waals surface area contributed by atoms with Gasteiger partial charge in [0.1, 0.15) is 5.82 Å². The van der Waals surface area contributed by atoms with Gasteiger partial charge in [-0.3, -0.25) is 14.4 Å². The number of piperidine rings is 1. The van der Waals surface area contributed by atoms with E-state index in [0.29, 0.717) is 42.7 Å². The van der Waals surface area contributed by atoms with Gasteiger partial charge in [-0.15, -0.1) is 0 Å². The van der Waals surface area contributed by atoms with Crippen molar-refractivity contribution in [3.63, 3.8) is 0 Å². The van der Waals surface area contributed by atoms with Gasteiger partial charge in [0.05, 0.1) is 21.1 Å². The van der Waals surface area contributed by atoms with Crippen LogP contribution in [0.1, 0.15) is 53.2 Å². The van der Waals surface area contributed by atoms with E-state index < -0.39 is 23.7 Å². The summed E-state index contributed by atoms with van der Waals surface area (Å²) >= 11 is 9.55. The monoisotopic (exact) mass is 599 g/mol. The molecule has 6 nitrogen and oxygen atoms in total. The van der Waals surface area contributed by atoms with Crippen molar-refractivity contribution in [2.75, 3.05) is 18.4 Å². The second kappa shape index (κ2) is 13.0. The Balaban J connectivity index is 1.43. The molecule has 3 aromatic rings. The predicted molar refractivity (Wildman–Crippen MR) is 150 cm³/mol. The van der Waals surface area contributed by atoms with E-state index >= 15 is 0 Å². The number of anilines is 1. The molecule has 1 atom stereocenters. The molecule has 0 aliphatic carbocycles. The molecule has 4 rings (SSSR count). The zero-order valence-electron chi connectivity index (χ0n) is 20.7. The van der Waals surface area contributed by atoms with Gasteiger partial charge in [-0.25, -0.2) is 4.39 Å². The highest BCUT2D eigenvalue weighted by molar-refractivity contribution is 9.10. The molecule has 0 radical (unpaired) electrons. The van der Waals surface area contributed by atoms with Crippen molar-refractivity contribution in [3.05, 3.63) is 98.7 Å². The van der Waals surface area contributed by atoms with Crippen molar-refractivity contribution in [3.8, 4) is 0 Å². The van der Waals surface area contributed by atoms with E-state index in [1.807, 2.05) is 30.3 Å². The lowest BCUT2D eigenvalue weighted by molar-refractivity contribution is -0.136. The van der Waals surface area contributed by atoms with Gasteiger partial charge < -0.3 is 15.5 Å². The normalized spacial score (nSPS) is 14.0. The Morgan fingerprint density at radius 2 is 1.68 bits per heavy atom. The summed E-state index contributed by atoms with van der Waals surface area (Å²) in [5.74, 6) is -2.27. The third-order valence-electron chi connectivity index (χ3n) is 6.52. The molecule has 38 heavy (non-hydrogen) atoms. The topological polar surface area (TPSA) is 78.5 Å². The van der Waals surface area contributed by atoms with Gasteiger partial charge >= 0.3 is 11.8 Å². The lowest BCUT2D eigenvalue weighted by atomic mass is 9.98. The van der Waals surface area contributed by atoms with E-state index in [4.69, 9.17) is 11.6 Å². The molecule has 1 aliphatic heterocycles. The van der Waals surface area contributed by atoms with Crippen molar-refractivity contribution in [1.82, 2.24) is 10.2 Å². The highest BCUT2D eigenvalue weighted by Crippen LogP contribution is 2.26. The van der Waals surface area contributed by atoms with Crippen LogP contribution in [0, 0.1) is 5.82 Å². The minimum absolute atomic E-state index is 0.142. The smallest absolute Gasteiger partial charge is 0.313 e. The van der Waals surface area contributed by atoms with Gasteiger partial charge in [0.2, 0.25) is 0 Å². The molecule has 0 bridgehead atoms. The van der Waals surface area contributed by atoms with Gasteiger partial charge in [0.25, 0.3) is 5.91 Å². The lowest BCUT2D eigenvalue weighted by Gasteiger charge is -2.27.